The Kier molecular flexibility index (Phi) is 8.20. The van der Waals surface area contributed by atoms with Crippen molar-refractivity contribution in [1.82, 2.24) is 10.2 Å². The highest BCUT2D eigenvalue weighted by Crippen LogP contribution is 2.31. The van der Waals surface area contributed by atoms with Gasteiger partial charge in [-0.3, -0.25) is 9.59 Å². The second-order valence-corrected chi connectivity index (χ2v) is 8.99. The molecular formula is C25H33FN2O3. The van der Waals surface area contributed by atoms with E-state index in [1.54, 1.807) is 25.1 Å². The first kappa shape index (κ1) is 24.4. The molecule has 1 atom stereocenters. The quantitative estimate of drug-likeness (QED) is 0.676. The van der Waals surface area contributed by atoms with Crippen LogP contribution in [0.4, 0.5) is 4.39 Å². The lowest BCUT2D eigenvalue weighted by molar-refractivity contribution is -0.142. The lowest BCUT2D eigenvalue weighted by Crippen LogP contribution is -2.50. The Balaban J connectivity index is 2.24. The van der Waals surface area contributed by atoms with Crippen molar-refractivity contribution in [2.24, 2.45) is 0 Å². The molecule has 0 fully saturated rings. The number of hydrogen-bond acceptors (Lipinski definition) is 3. The number of nitrogens with zero attached hydrogens (tertiary/aromatic N) is 1. The largest absolute Gasteiger partial charge is 0.483 e. The monoisotopic (exact) mass is 428 g/mol. The SMILES string of the molecule is CC(C)NC(=O)C(C)N(Cc1ccccc1F)C(=O)COc1ccccc1C(C)(C)C. The number of amides is 2. The van der Waals surface area contributed by atoms with Crippen LogP contribution < -0.4 is 10.1 Å². The summed E-state index contributed by atoms with van der Waals surface area (Å²) in [6.45, 7) is 11.3. The van der Waals surface area contributed by atoms with Crippen molar-refractivity contribution < 1.29 is 18.7 Å². The normalized spacial score (nSPS) is 12.4. The zero-order chi connectivity index (χ0) is 23.2. The second kappa shape index (κ2) is 10.4. The fourth-order valence-electron chi connectivity index (χ4n) is 3.23. The predicted molar refractivity (Wildman–Crippen MR) is 120 cm³/mol. The summed E-state index contributed by atoms with van der Waals surface area (Å²) >= 11 is 0. The number of ether oxygens (including phenoxy) is 1. The molecule has 0 spiro atoms. The minimum atomic E-state index is -0.782. The molecule has 168 valence electrons. The maximum atomic E-state index is 14.3. The van der Waals surface area contributed by atoms with Gasteiger partial charge >= 0.3 is 0 Å². The van der Waals surface area contributed by atoms with E-state index >= 15 is 0 Å². The Bertz CT molecular complexity index is 906. The van der Waals surface area contributed by atoms with E-state index in [0.717, 1.165) is 5.56 Å². The molecule has 2 amide bonds. The van der Waals surface area contributed by atoms with Crippen LogP contribution in [0.1, 0.15) is 52.7 Å². The van der Waals surface area contributed by atoms with Gasteiger partial charge in [-0.1, -0.05) is 57.2 Å². The molecule has 0 aromatic heterocycles. The third-order valence-electron chi connectivity index (χ3n) is 4.94. The fraction of sp³-hybridized carbons (Fsp3) is 0.440. The lowest BCUT2D eigenvalue weighted by atomic mass is 9.86. The number of nitrogens with one attached hydrogen (secondary N) is 1. The summed E-state index contributed by atoms with van der Waals surface area (Å²) in [5, 5.41) is 2.81. The molecule has 5 nitrogen and oxygen atoms in total. The molecular weight excluding hydrogens is 395 g/mol. The third-order valence-corrected chi connectivity index (χ3v) is 4.94. The molecule has 1 N–H and O–H groups in total. The molecule has 6 heteroatoms. The Morgan fingerprint density at radius 1 is 1.03 bits per heavy atom. The van der Waals surface area contributed by atoms with Gasteiger partial charge in [-0.15, -0.1) is 0 Å². The van der Waals surface area contributed by atoms with E-state index < -0.39 is 17.8 Å². The third kappa shape index (κ3) is 6.81. The first-order valence-corrected chi connectivity index (χ1v) is 10.6. The van der Waals surface area contributed by atoms with Crippen molar-refractivity contribution >= 4 is 11.8 Å². The van der Waals surface area contributed by atoms with Crippen molar-refractivity contribution in [1.29, 1.82) is 0 Å². The molecule has 0 saturated heterocycles. The lowest BCUT2D eigenvalue weighted by Gasteiger charge is -2.30. The number of rotatable bonds is 8. The molecule has 0 saturated carbocycles. The molecule has 0 aliphatic carbocycles. The maximum absolute atomic E-state index is 14.3. The van der Waals surface area contributed by atoms with Crippen LogP contribution in [-0.2, 0) is 21.5 Å². The number of para-hydroxylation sites is 1. The topological polar surface area (TPSA) is 58.6 Å². The van der Waals surface area contributed by atoms with Crippen LogP contribution in [0.15, 0.2) is 48.5 Å². The first-order valence-electron chi connectivity index (χ1n) is 10.6. The minimum Gasteiger partial charge on any atom is -0.483 e. The summed E-state index contributed by atoms with van der Waals surface area (Å²) in [4.78, 5) is 27.1. The molecule has 2 rings (SSSR count). The first-order chi connectivity index (χ1) is 14.5. The van der Waals surface area contributed by atoms with Crippen molar-refractivity contribution in [2.45, 2.75) is 65.6 Å². The standard InChI is InChI=1S/C25H33FN2O3/c1-17(2)27-24(30)18(3)28(15-19-11-7-9-13-21(19)26)23(29)16-31-22-14-10-8-12-20(22)25(4,5)6/h7-14,17-18H,15-16H2,1-6H3,(H,27,30). The van der Waals surface area contributed by atoms with Gasteiger partial charge in [0, 0.05) is 18.2 Å². The van der Waals surface area contributed by atoms with Crippen LogP contribution in [0.3, 0.4) is 0 Å². The van der Waals surface area contributed by atoms with Gasteiger partial charge in [-0.05, 0) is 43.9 Å². The summed E-state index contributed by atoms with van der Waals surface area (Å²) in [5.41, 5.74) is 1.17. The highest BCUT2D eigenvalue weighted by molar-refractivity contribution is 5.88. The Morgan fingerprint density at radius 2 is 1.65 bits per heavy atom. The average molecular weight is 429 g/mol. The minimum absolute atomic E-state index is 0.0253. The van der Waals surface area contributed by atoms with E-state index in [9.17, 15) is 14.0 Å². The van der Waals surface area contributed by atoms with Crippen LogP contribution in [0.2, 0.25) is 0 Å². The highest BCUT2D eigenvalue weighted by atomic mass is 19.1. The maximum Gasteiger partial charge on any atom is 0.261 e. The van der Waals surface area contributed by atoms with E-state index in [1.165, 1.54) is 11.0 Å². The van der Waals surface area contributed by atoms with Gasteiger partial charge < -0.3 is 15.0 Å². The van der Waals surface area contributed by atoms with Crippen LogP contribution >= 0.6 is 0 Å². The summed E-state index contributed by atoms with van der Waals surface area (Å²) < 4.78 is 20.1. The smallest absolute Gasteiger partial charge is 0.261 e. The zero-order valence-electron chi connectivity index (χ0n) is 19.2. The van der Waals surface area contributed by atoms with E-state index in [-0.39, 0.29) is 30.5 Å². The average Bonchev–Trinajstić information content (AvgIpc) is 2.70. The molecule has 0 heterocycles. The predicted octanol–water partition coefficient (Wildman–Crippen LogP) is 4.44. The molecule has 0 radical (unpaired) electrons. The Labute approximate surface area is 184 Å². The molecule has 1 unspecified atom stereocenters. The summed E-state index contributed by atoms with van der Waals surface area (Å²) in [6.07, 6.45) is 0. The van der Waals surface area contributed by atoms with Gasteiger partial charge in [0.1, 0.15) is 17.6 Å². The molecule has 2 aromatic carbocycles. The number of hydrogen-bond donors (Lipinski definition) is 1. The Hall–Kier alpha value is -2.89. The molecule has 0 aliphatic heterocycles. The van der Waals surface area contributed by atoms with Gasteiger partial charge in [-0.2, -0.15) is 0 Å². The van der Waals surface area contributed by atoms with Crippen molar-refractivity contribution in [3.05, 3.63) is 65.5 Å². The van der Waals surface area contributed by atoms with Crippen molar-refractivity contribution in [3.8, 4) is 5.75 Å². The second-order valence-electron chi connectivity index (χ2n) is 8.99. The fourth-order valence-corrected chi connectivity index (χ4v) is 3.23. The Morgan fingerprint density at radius 3 is 2.26 bits per heavy atom. The number of halogens is 1. The van der Waals surface area contributed by atoms with Gasteiger partial charge in [0.05, 0.1) is 0 Å². The number of carbonyl (C=O) groups is 2. The van der Waals surface area contributed by atoms with Crippen LogP contribution in [0, 0.1) is 5.82 Å². The van der Waals surface area contributed by atoms with Crippen LogP contribution in [-0.4, -0.2) is 35.4 Å². The van der Waals surface area contributed by atoms with E-state index in [0.29, 0.717) is 11.3 Å². The van der Waals surface area contributed by atoms with Gasteiger partial charge in [-0.25, -0.2) is 4.39 Å². The molecule has 0 aliphatic rings. The van der Waals surface area contributed by atoms with E-state index in [2.05, 4.69) is 26.1 Å². The van der Waals surface area contributed by atoms with Gasteiger partial charge in [0.25, 0.3) is 5.91 Å². The number of carbonyl (C=O) groups excluding carboxylic acids is 2. The number of benzene rings is 2. The summed E-state index contributed by atoms with van der Waals surface area (Å²) in [5.74, 6) is -0.489. The summed E-state index contributed by atoms with van der Waals surface area (Å²) in [7, 11) is 0. The molecule has 2 aromatic rings. The summed E-state index contributed by atoms with van der Waals surface area (Å²) in [6, 6.07) is 13.0. The van der Waals surface area contributed by atoms with Crippen molar-refractivity contribution in [2.75, 3.05) is 6.61 Å². The molecule has 31 heavy (non-hydrogen) atoms. The van der Waals surface area contributed by atoms with Crippen molar-refractivity contribution in [3.63, 3.8) is 0 Å². The van der Waals surface area contributed by atoms with Gasteiger partial charge in [0.2, 0.25) is 5.91 Å². The van der Waals surface area contributed by atoms with E-state index in [1.807, 2.05) is 38.1 Å². The van der Waals surface area contributed by atoms with Crippen LogP contribution in [0.25, 0.3) is 0 Å². The molecule has 0 bridgehead atoms. The van der Waals surface area contributed by atoms with E-state index in [4.69, 9.17) is 4.74 Å². The van der Waals surface area contributed by atoms with Gasteiger partial charge in [0.15, 0.2) is 6.61 Å². The highest BCUT2D eigenvalue weighted by Gasteiger charge is 2.28. The van der Waals surface area contributed by atoms with Crippen LogP contribution in [0.5, 0.6) is 5.75 Å². The zero-order valence-corrected chi connectivity index (χ0v) is 19.2.